The van der Waals surface area contributed by atoms with Gasteiger partial charge in [-0.05, 0) is 0 Å². The first kappa shape index (κ1) is 42.2. The molecule has 2 atom stereocenters. The van der Waals surface area contributed by atoms with Crippen LogP contribution in [0.2, 0.25) is 66.5 Å². The average molecular weight is 793 g/mol. The second-order valence-corrected chi connectivity index (χ2v) is 129. The molecule has 2 unspecified atom stereocenters. The minimum absolute atomic E-state index is 0.432. The summed E-state index contributed by atoms with van der Waals surface area (Å²) in [6, 6.07) is 0. The number of hydrogen-bond acceptors (Lipinski definition) is 0. The van der Waals surface area contributed by atoms with E-state index in [0.29, 0.717) is 40.3 Å². The Labute approximate surface area is 291 Å². The minimum atomic E-state index is -1.91. The van der Waals surface area contributed by atoms with E-state index in [-0.39, 0.29) is 0 Å². The van der Waals surface area contributed by atoms with Gasteiger partial charge >= 0.3 is 293 Å². The summed E-state index contributed by atoms with van der Waals surface area (Å²) in [5, 5.41) is 0.387. The molecule has 0 nitrogen and oxygen atoms in total. The molecule has 44 heavy (non-hydrogen) atoms. The molecule has 0 spiro atoms. The molecule has 2 aliphatic rings. The third-order valence-electron chi connectivity index (χ3n) is 16.7. The van der Waals surface area contributed by atoms with Crippen molar-refractivity contribution >= 4 is 60.7 Å². The predicted octanol–water partition coefficient (Wildman–Crippen LogP) is 13.3. The summed E-state index contributed by atoms with van der Waals surface area (Å²) >= 11 is 1.02. The Balaban J connectivity index is 3.76. The van der Waals surface area contributed by atoms with Crippen LogP contribution >= 0.6 is 0 Å². The molecular formula is C36H84SeSi7. The quantitative estimate of drug-likeness (QED) is 0.249. The van der Waals surface area contributed by atoms with Crippen molar-refractivity contribution in [1.82, 2.24) is 0 Å². The maximum atomic E-state index is 3.16. The first-order chi connectivity index (χ1) is 18.5. The van der Waals surface area contributed by atoms with Gasteiger partial charge < -0.3 is 0 Å². The predicted molar refractivity (Wildman–Crippen MR) is 227 cm³/mol. The van der Waals surface area contributed by atoms with Crippen molar-refractivity contribution in [3.63, 3.8) is 0 Å². The molecule has 2 rings (SSSR count). The fourth-order valence-corrected chi connectivity index (χ4v) is 733. The normalized spacial score (nSPS) is 26.5. The van der Waals surface area contributed by atoms with Gasteiger partial charge in [-0.15, -0.1) is 0 Å². The zero-order chi connectivity index (χ0) is 36.2. The van der Waals surface area contributed by atoms with Gasteiger partial charge in [0, 0.05) is 0 Å². The molecule has 0 radical (unpaired) electrons. The first-order valence-corrected chi connectivity index (χ1v) is 46.1. The van der Waals surface area contributed by atoms with Crippen LogP contribution in [0.4, 0.5) is 0 Å². The molecule has 0 aromatic carbocycles. The van der Waals surface area contributed by atoms with Crippen LogP contribution in [0.3, 0.4) is 0 Å². The van der Waals surface area contributed by atoms with Gasteiger partial charge in [-0.3, -0.25) is 0 Å². The fraction of sp³-hybridized carbons (Fsp3) is 1.00. The van der Waals surface area contributed by atoms with Gasteiger partial charge in [0.15, 0.2) is 0 Å². The van der Waals surface area contributed by atoms with Crippen LogP contribution in [0.1, 0.15) is 166 Å². The Morgan fingerprint density at radius 2 is 0.409 bits per heavy atom. The Morgan fingerprint density at radius 1 is 0.273 bits per heavy atom. The third-order valence-corrected chi connectivity index (χ3v) is 315. The summed E-state index contributed by atoms with van der Waals surface area (Å²) in [6.45, 7) is 79.9. The summed E-state index contributed by atoms with van der Waals surface area (Å²) in [5.41, 5.74) is 0. The molecule has 2 saturated heterocycles. The van der Waals surface area contributed by atoms with Crippen LogP contribution in [-0.4, -0.2) is 60.7 Å². The second-order valence-electron chi connectivity index (χ2n) is 24.7. The summed E-state index contributed by atoms with van der Waals surface area (Å²) in [7, 11) is -7.38. The Bertz CT molecular complexity index is 987. The van der Waals surface area contributed by atoms with Gasteiger partial charge in [0.05, 0.1) is 0 Å². The molecule has 0 aromatic heterocycles. The molecule has 8 heteroatoms. The van der Waals surface area contributed by atoms with Crippen molar-refractivity contribution in [1.29, 1.82) is 0 Å². The average Bonchev–Trinajstić information content (AvgIpc) is 3.52. The zero-order valence-electron chi connectivity index (χ0n) is 35.9. The van der Waals surface area contributed by atoms with Crippen molar-refractivity contribution in [3.05, 3.63) is 0 Å². The standard InChI is InChI=1S/C36H84SeSi7/c1-29(2,3)38(25,30(4,5)6)42-37-43(42,39(26,31(7,8)9)32(10,11)12)44(42,40(27,33(13,14)15)34(16,17)18)41(28,35(19,20)21)36(22,23)24/h1-28H3. The van der Waals surface area contributed by atoms with Crippen molar-refractivity contribution in [2.24, 2.45) is 0 Å². The van der Waals surface area contributed by atoms with E-state index in [4.69, 9.17) is 0 Å². The molecule has 2 fully saturated rings. The Hall–Kier alpha value is 2.04. The maximum absolute atomic E-state index is 3.16. The van der Waals surface area contributed by atoms with Gasteiger partial charge in [-0.1, -0.05) is 0 Å². The molecule has 0 saturated carbocycles. The monoisotopic (exact) mass is 792 g/mol. The molecule has 0 N–H and O–H groups in total. The molecule has 262 valence electrons. The van der Waals surface area contributed by atoms with Crippen LogP contribution in [0.15, 0.2) is 0 Å². The summed E-state index contributed by atoms with van der Waals surface area (Å²) in [6.07, 6.45) is -1.81. The van der Waals surface area contributed by atoms with E-state index in [1.807, 2.05) is 0 Å². The molecule has 0 bridgehead atoms. The van der Waals surface area contributed by atoms with E-state index in [0.717, 1.165) is 13.7 Å². The van der Waals surface area contributed by atoms with Crippen molar-refractivity contribution in [3.8, 4) is 0 Å². The van der Waals surface area contributed by atoms with Crippen LogP contribution in [0.5, 0.6) is 0 Å². The van der Waals surface area contributed by atoms with Crippen LogP contribution < -0.4 is 0 Å². The zero-order valence-corrected chi connectivity index (χ0v) is 44.6. The van der Waals surface area contributed by atoms with E-state index >= 15 is 0 Å². The topological polar surface area (TPSA) is 0 Å². The number of hydrogen-bond donors (Lipinski definition) is 0. The molecule has 0 amide bonds. The van der Waals surface area contributed by atoms with E-state index in [9.17, 15) is 0 Å². The Kier molecular flexibility index (Phi) is 9.68. The summed E-state index contributed by atoms with van der Waals surface area (Å²) in [4.78, 5) is 0. The first-order valence-electron chi connectivity index (χ1n) is 18.2. The van der Waals surface area contributed by atoms with Crippen LogP contribution in [0, 0.1) is 0 Å². The van der Waals surface area contributed by atoms with Gasteiger partial charge in [-0.2, -0.15) is 0 Å². The molecule has 0 aliphatic carbocycles. The second kappa shape index (κ2) is 10.1. The molecular weight excluding hydrogens is 708 g/mol. The van der Waals surface area contributed by atoms with Crippen molar-refractivity contribution in [2.45, 2.75) is 233 Å². The van der Waals surface area contributed by atoms with Crippen LogP contribution in [-0.2, 0) is 0 Å². The van der Waals surface area contributed by atoms with E-state index in [1.165, 1.54) is 0 Å². The van der Waals surface area contributed by atoms with E-state index in [1.54, 1.807) is 0 Å². The third kappa shape index (κ3) is 4.22. The van der Waals surface area contributed by atoms with E-state index < -0.39 is 47.0 Å². The summed E-state index contributed by atoms with van der Waals surface area (Å²) < 4.78 is 0. The Morgan fingerprint density at radius 3 is 0.523 bits per heavy atom. The summed E-state index contributed by atoms with van der Waals surface area (Å²) in [5.74, 6) is 0. The van der Waals surface area contributed by atoms with Crippen LogP contribution in [0.25, 0.3) is 0 Å². The SMILES string of the molecule is CC(C)(C)[Si](C)(C(C)(C)C)[Si]12[Se][Si]1([Si](C)(C(C)(C)C)C(C)(C)C)[Si]2([Si](C)(C(C)(C)C)C(C)(C)C)[Si](C)(C(C)(C)C)C(C)(C)C. The van der Waals surface area contributed by atoms with Gasteiger partial charge in [0.1, 0.15) is 0 Å². The molecule has 0 aromatic rings. The number of rotatable bonds is 4. The molecule has 2 heterocycles. The molecule has 2 aliphatic heterocycles. The van der Waals surface area contributed by atoms with Crippen molar-refractivity contribution in [2.75, 3.05) is 0 Å². The van der Waals surface area contributed by atoms with Gasteiger partial charge in [-0.25, -0.2) is 0 Å². The van der Waals surface area contributed by atoms with Gasteiger partial charge in [0.2, 0.25) is 0 Å². The number of fused-ring (bicyclic) bond motifs is 1. The van der Waals surface area contributed by atoms with E-state index in [2.05, 4.69) is 192 Å². The van der Waals surface area contributed by atoms with Gasteiger partial charge in [0.25, 0.3) is 0 Å². The fourth-order valence-electron chi connectivity index (χ4n) is 13.2. The van der Waals surface area contributed by atoms with Crippen molar-refractivity contribution < 1.29 is 0 Å².